The minimum Gasteiger partial charge on any atom is -0.491 e. The van der Waals surface area contributed by atoms with E-state index in [1.807, 2.05) is 12.1 Å². The zero-order valence-corrected chi connectivity index (χ0v) is 14.1. The second-order valence-electron chi connectivity index (χ2n) is 7.22. The lowest BCUT2D eigenvalue weighted by Crippen LogP contribution is -2.56. The SMILES string of the molecule is C[C@@H]1CN(Cc2ccc(OCCO)cc2)CC[C@@]1(O)C1CCC1. The van der Waals surface area contributed by atoms with Crippen molar-refractivity contribution in [2.24, 2.45) is 11.8 Å². The maximum Gasteiger partial charge on any atom is 0.119 e. The highest BCUT2D eigenvalue weighted by atomic mass is 16.5. The molecule has 1 aromatic carbocycles. The number of likely N-dealkylation sites (tertiary alicyclic amines) is 1. The summed E-state index contributed by atoms with van der Waals surface area (Å²) in [6.45, 7) is 5.44. The van der Waals surface area contributed by atoms with Crippen molar-refractivity contribution in [3.8, 4) is 5.75 Å². The van der Waals surface area contributed by atoms with Crippen LogP contribution in [0.4, 0.5) is 0 Å². The van der Waals surface area contributed by atoms with Crippen molar-refractivity contribution in [1.29, 1.82) is 0 Å². The van der Waals surface area contributed by atoms with Gasteiger partial charge in [0.15, 0.2) is 0 Å². The average Bonchev–Trinajstić information content (AvgIpc) is 2.49. The molecule has 1 aromatic rings. The number of aliphatic hydroxyl groups is 2. The van der Waals surface area contributed by atoms with E-state index in [1.54, 1.807) is 0 Å². The number of ether oxygens (including phenoxy) is 1. The highest BCUT2D eigenvalue weighted by Crippen LogP contribution is 2.44. The standard InChI is InChI=1S/C19H29NO3/c1-15-13-20(10-9-19(15,22)17-3-2-4-17)14-16-5-7-18(8-6-16)23-12-11-21/h5-8,15,17,21-22H,2-4,9-14H2,1H3/t15-,19+/m1/s1. The van der Waals surface area contributed by atoms with E-state index in [4.69, 9.17) is 9.84 Å². The second kappa shape index (κ2) is 7.20. The summed E-state index contributed by atoms with van der Waals surface area (Å²) in [6.07, 6.45) is 4.59. The van der Waals surface area contributed by atoms with Crippen molar-refractivity contribution < 1.29 is 14.9 Å². The molecule has 4 nitrogen and oxygen atoms in total. The zero-order chi connectivity index (χ0) is 16.3. The Morgan fingerprint density at radius 1 is 1.26 bits per heavy atom. The van der Waals surface area contributed by atoms with E-state index < -0.39 is 5.60 Å². The Hall–Kier alpha value is -1.10. The van der Waals surface area contributed by atoms with Crippen LogP contribution in [0.15, 0.2) is 24.3 Å². The van der Waals surface area contributed by atoms with Crippen LogP contribution in [-0.2, 0) is 6.54 Å². The van der Waals surface area contributed by atoms with Gasteiger partial charge in [-0.25, -0.2) is 0 Å². The molecule has 2 aliphatic rings. The molecule has 1 aliphatic heterocycles. The van der Waals surface area contributed by atoms with Gasteiger partial charge in [-0.15, -0.1) is 0 Å². The fourth-order valence-corrected chi connectivity index (χ4v) is 3.99. The van der Waals surface area contributed by atoms with E-state index in [2.05, 4.69) is 24.0 Å². The molecule has 3 rings (SSSR count). The molecule has 1 heterocycles. The lowest BCUT2D eigenvalue weighted by Gasteiger charge is -2.50. The van der Waals surface area contributed by atoms with E-state index in [9.17, 15) is 5.11 Å². The number of hydrogen-bond acceptors (Lipinski definition) is 4. The summed E-state index contributed by atoms with van der Waals surface area (Å²) in [5, 5.41) is 19.8. The van der Waals surface area contributed by atoms with E-state index in [0.29, 0.717) is 18.4 Å². The number of rotatable bonds is 6. The number of nitrogens with zero attached hydrogens (tertiary/aromatic N) is 1. The molecule has 4 heteroatoms. The molecule has 0 unspecified atom stereocenters. The van der Waals surface area contributed by atoms with Crippen LogP contribution in [0.5, 0.6) is 5.75 Å². The van der Waals surface area contributed by atoms with Gasteiger partial charge < -0.3 is 14.9 Å². The Balaban J connectivity index is 1.53. The number of piperidine rings is 1. The predicted octanol–water partition coefficient (Wildman–Crippen LogP) is 2.43. The Morgan fingerprint density at radius 3 is 2.57 bits per heavy atom. The molecule has 2 atom stereocenters. The molecule has 0 radical (unpaired) electrons. The third-order valence-electron chi connectivity index (χ3n) is 5.72. The summed E-state index contributed by atoms with van der Waals surface area (Å²) in [6, 6.07) is 8.10. The molecule has 0 aromatic heterocycles. The molecule has 1 saturated heterocycles. The van der Waals surface area contributed by atoms with E-state index in [-0.39, 0.29) is 6.61 Å². The fourth-order valence-electron chi connectivity index (χ4n) is 3.99. The van der Waals surface area contributed by atoms with Crippen LogP contribution in [0.3, 0.4) is 0 Å². The van der Waals surface area contributed by atoms with Gasteiger partial charge in [-0.2, -0.15) is 0 Å². The van der Waals surface area contributed by atoms with Crippen molar-refractivity contribution in [2.45, 2.75) is 44.8 Å². The third kappa shape index (κ3) is 3.70. The lowest BCUT2D eigenvalue weighted by molar-refractivity contribution is -0.128. The van der Waals surface area contributed by atoms with Crippen molar-refractivity contribution in [1.82, 2.24) is 4.90 Å². The summed E-state index contributed by atoms with van der Waals surface area (Å²) < 4.78 is 5.39. The van der Waals surface area contributed by atoms with Gasteiger partial charge in [-0.1, -0.05) is 25.5 Å². The van der Waals surface area contributed by atoms with Crippen molar-refractivity contribution >= 4 is 0 Å². The Morgan fingerprint density at radius 2 is 2.00 bits per heavy atom. The van der Waals surface area contributed by atoms with Gasteiger partial charge in [0.1, 0.15) is 12.4 Å². The maximum atomic E-state index is 11.0. The maximum absolute atomic E-state index is 11.0. The van der Waals surface area contributed by atoms with Gasteiger partial charge in [-0.05, 0) is 48.8 Å². The first-order valence-corrected chi connectivity index (χ1v) is 8.89. The first kappa shape index (κ1) is 16.7. The quantitative estimate of drug-likeness (QED) is 0.845. The molecule has 0 spiro atoms. The van der Waals surface area contributed by atoms with Crippen LogP contribution >= 0.6 is 0 Å². The van der Waals surface area contributed by atoms with Crippen LogP contribution in [-0.4, -0.2) is 47.0 Å². The average molecular weight is 319 g/mol. The molecule has 1 aliphatic carbocycles. The van der Waals surface area contributed by atoms with Crippen LogP contribution in [0, 0.1) is 11.8 Å². The smallest absolute Gasteiger partial charge is 0.119 e. The minimum atomic E-state index is -0.434. The van der Waals surface area contributed by atoms with Crippen LogP contribution < -0.4 is 4.74 Å². The largest absolute Gasteiger partial charge is 0.491 e. The Labute approximate surface area is 139 Å². The van der Waals surface area contributed by atoms with Gasteiger partial charge in [-0.3, -0.25) is 4.90 Å². The fraction of sp³-hybridized carbons (Fsp3) is 0.684. The zero-order valence-electron chi connectivity index (χ0n) is 14.1. The molecule has 2 N–H and O–H groups in total. The number of aliphatic hydroxyl groups excluding tert-OH is 1. The van der Waals surface area contributed by atoms with Gasteiger partial charge in [0.25, 0.3) is 0 Å². The van der Waals surface area contributed by atoms with E-state index >= 15 is 0 Å². The molecule has 1 saturated carbocycles. The lowest BCUT2D eigenvalue weighted by atomic mass is 9.65. The van der Waals surface area contributed by atoms with Crippen LogP contribution in [0.1, 0.15) is 38.2 Å². The molecule has 23 heavy (non-hydrogen) atoms. The summed E-state index contributed by atoms with van der Waals surface area (Å²) in [5.74, 6) is 1.67. The highest BCUT2D eigenvalue weighted by molar-refractivity contribution is 5.27. The summed E-state index contributed by atoms with van der Waals surface area (Å²) in [7, 11) is 0. The summed E-state index contributed by atoms with van der Waals surface area (Å²) >= 11 is 0. The Kier molecular flexibility index (Phi) is 5.24. The van der Waals surface area contributed by atoms with Gasteiger partial charge >= 0.3 is 0 Å². The molecule has 0 bridgehead atoms. The number of benzene rings is 1. The first-order valence-electron chi connectivity index (χ1n) is 8.89. The molecule has 2 fully saturated rings. The third-order valence-corrected chi connectivity index (χ3v) is 5.72. The van der Waals surface area contributed by atoms with Crippen LogP contribution in [0.25, 0.3) is 0 Å². The highest BCUT2D eigenvalue weighted by Gasteiger charge is 2.46. The van der Waals surface area contributed by atoms with Crippen molar-refractivity contribution in [3.05, 3.63) is 29.8 Å². The molecular weight excluding hydrogens is 290 g/mol. The monoisotopic (exact) mass is 319 g/mol. The topological polar surface area (TPSA) is 52.9 Å². The molecule has 128 valence electrons. The van der Waals surface area contributed by atoms with Crippen molar-refractivity contribution in [3.63, 3.8) is 0 Å². The predicted molar refractivity (Wildman–Crippen MR) is 90.4 cm³/mol. The normalized spacial score (nSPS) is 29.3. The van der Waals surface area contributed by atoms with Crippen molar-refractivity contribution in [2.75, 3.05) is 26.3 Å². The molecular formula is C19H29NO3. The Bertz CT molecular complexity index is 500. The summed E-state index contributed by atoms with van der Waals surface area (Å²) in [5.41, 5.74) is 0.833. The minimum absolute atomic E-state index is 0.0390. The summed E-state index contributed by atoms with van der Waals surface area (Å²) in [4.78, 5) is 2.45. The van der Waals surface area contributed by atoms with Crippen LogP contribution in [0.2, 0.25) is 0 Å². The second-order valence-corrected chi connectivity index (χ2v) is 7.22. The van der Waals surface area contributed by atoms with E-state index in [1.165, 1.54) is 24.8 Å². The van der Waals surface area contributed by atoms with Gasteiger partial charge in [0.05, 0.1) is 12.2 Å². The molecule has 0 amide bonds. The van der Waals surface area contributed by atoms with E-state index in [0.717, 1.165) is 31.8 Å². The van der Waals surface area contributed by atoms with Gasteiger partial charge in [0, 0.05) is 19.6 Å². The number of hydrogen-bond donors (Lipinski definition) is 2. The first-order chi connectivity index (χ1) is 11.1. The van der Waals surface area contributed by atoms with Gasteiger partial charge in [0.2, 0.25) is 0 Å².